The van der Waals surface area contributed by atoms with Crippen LogP contribution in [0.5, 0.6) is 0 Å². The zero-order chi connectivity index (χ0) is 16.7. The zero-order valence-electron chi connectivity index (χ0n) is 12.9. The first-order valence-corrected chi connectivity index (χ1v) is 8.33. The van der Waals surface area contributed by atoms with Gasteiger partial charge in [0.2, 0.25) is 0 Å². The summed E-state index contributed by atoms with van der Waals surface area (Å²) in [6, 6.07) is 18.5. The van der Waals surface area contributed by atoms with Gasteiger partial charge in [0.05, 0.1) is 5.69 Å². The number of imidazole rings is 1. The summed E-state index contributed by atoms with van der Waals surface area (Å²) in [6.07, 6.45) is 1.89. The number of aryl methyl sites for hydroxylation is 1. The number of carbonyl (C=O) groups is 1. The van der Waals surface area contributed by atoms with Gasteiger partial charge in [-0.2, -0.15) is 0 Å². The predicted molar refractivity (Wildman–Crippen MR) is 95.6 cm³/mol. The highest BCUT2D eigenvalue weighted by Gasteiger charge is 2.17. The Morgan fingerprint density at radius 3 is 2.25 bits per heavy atom. The van der Waals surface area contributed by atoms with Crippen LogP contribution in [0.1, 0.15) is 15.4 Å². The average molecular weight is 334 g/mol. The van der Waals surface area contributed by atoms with Crippen molar-refractivity contribution in [2.75, 3.05) is 0 Å². The Balaban J connectivity index is 1.71. The van der Waals surface area contributed by atoms with Gasteiger partial charge in [-0.3, -0.25) is 4.40 Å². The van der Waals surface area contributed by atoms with Crippen molar-refractivity contribution in [2.24, 2.45) is 0 Å². The Morgan fingerprint density at radius 2 is 1.62 bits per heavy atom. The first-order valence-electron chi connectivity index (χ1n) is 7.51. The minimum absolute atomic E-state index is 0.337. The molecule has 0 saturated heterocycles. The molecule has 4 nitrogen and oxygen atoms in total. The van der Waals surface area contributed by atoms with Gasteiger partial charge < -0.3 is 5.11 Å². The van der Waals surface area contributed by atoms with Crippen molar-refractivity contribution in [3.05, 3.63) is 71.4 Å². The first kappa shape index (κ1) is 14.7. The number of benzene rings is 2. The summed E-state index contributed by atoms with van der Waals surface area (Å²) in [7, 11) is 0. The molecule has 0 aliphatic carbocycles. The summed E-state index contributed by atoms with van der Waals surface area (Å²) in [6.45, 7) is 1.80. The summed E-state index contributed by atoms with van der Waals surface area (Å²) in [4.78, 5) is 16.8. The fraction of sp³-hybridized carbons (Fsp3) is 0.0526. The molecule has 0 aliphatic rings. The van der Waals surface area contributed by atoms with Gasteiger partial charge in [0.25, 0.3) is 0 Å². The minimum Gasteiger partial charge on any atom is -0.477 e. The van der Waals surface area contributed by atoms with Crippen LogP contribution in [0, 0.1) is 6.92 Å². The van der Waals surface area contributed by atoms with E-state index in [0.717, 1.165) is 16.8 Å². The number of carboxylic acids is 1. The van der Waals surface area contributed by atoms with Crippen LogP contribution < -0.4 is 0 Å². The number of aromatic nitrogens is 2. The molecule has 0 atom stereocenters. The normalized spacial score (nSPS) is 11.0. The molecular weight excluding hydrogens is 320 g/mol. The molecule has 0 saturated carbocycles. The summed E-state index contributed by atoms with van der Waals surface area (Å²) >= 11 is 1.20. The lowest BCUT2D eigenvalue weighted by Gasteiger charge is -2.02. The number of carboxylic acid groups (broad SMARTS) is 1. The standard InChI is InChI=1S/C19H14N2O2S/c1-12-17(18(22)23)24-19-20-16(11-21(12)19)15-9-7-14(8-10-15)13-5-3-2-4-6-13/h2-11H,1H3,(H,22,23). The zero-order valence-corrected chi connectivity index (χ0v) is 13.7. The van der Waals surface area contributed by atoms with Crippen LogP contribution in [0.15, 0.2) is 60.8 Å². The van der Waals surface area contributed by atoms with Gasteiger partial charge in [-0.15, -0.1) is 0 Å². The molecule has 4 aromatic rings. The van der Waals surface area contributed by atoms with E-state index in [0.29, 0.717) is 15.5 Å². The molecule has 0 fully saturated rings. The van der Waals surface area contributed by atoms with E-state index in [4.69, 9.17) is 0 Å². The molecule has 118 valence electrons. The second-order valence-electron chi connectivity index (χ2n) is 5.54. The summed E-state index contributed by atoms with van der Waals surface area (Å²) in [5, 5.41) is 9.18. The van der Waals surface area contributed by atoms with E-state index in [9.17, 15) is 9.90 Å². The Morgan fingerprint density at radius 1 is 1.00 bits per heavy atom. The van der Waals surface area contributed by atoms with Crippen LogP contribution in [0.25, 0.3) is 27.3 Å². The molecule has 0 radical (unpaired) electrons. The van der Waals surface area contributed by atoms with Crippen molar-refractivity contribution >= 4 is 22.3 Å². The van der Waals surface area contributed by atoms with Crippen molar-refractivity contribution in [3.8, 4) is 22.4 Å². The van der Waals surface area contributed by atoms with E-state index in [1.54, 1.807) is 6.92 Å². The van der Waals surface area contributed by atoms with Gasteiger partial charge >= 0.3 is 5.97 Å². The SMILES string of the molecule is Cc1c(C(=O)O)sc2nc(-c3ccc(-c4ccccc4)cc3)cn12. The third kappa shape index (κ3) is 2.39. The third-order valence-electron chi connectivity index (χ3n) is 4.04. The van der Waals surface area contributed by atoms with Crippen molar-refractivity contribution in [1.29, 1.82) is 0 Å². The quantitative estimate of drug-likeness (QED) is 0.589. The summed E-state index contributed by atoms with van der Waals surface area (Å²) < 4.78 is 1.84. The van der Waals surface area contributed by atoms with Crippen LogP contribution in [0.4, 0.5) is 0 Å². The highest BCUT2D eigenvalue weighted by molar-refractivity contribution is 7.19. The molecule has 5 heteroatoms. The van der Waals surface area contributed by atoms with Crippen molar-refractivity contribution < 1.29 is 9.90 Å². The molecule has 4 rings (SSSR count). The van der Waals surface area contributed by atoms with Gasteiger partial charge in [0, 0.05) is 17.5 Å². The minimum atomic E-state index is -0.906. The number of thiazole rings is 1. The molecular formula is C19H14N2O2S. The number of rotatable bonds is 3. The molecule has 2 heterocycles. The van der Waals surface area contributed by atoms with Gasteiger partial charge in [-0.05, 0) is 18.1 Å². The molecule has 0 aliphatic heterocycles. The topological polar surface area (TPSA) is 54.6 Å². The van der Waals surface area contributed by atoms with Gasteiger partial charge in [0.1, 0.15) is 4.88 Å². The first-order chi connectivity index (χ1) is 11.6. The number of hydrogen-bond acceptors (Lipinski definition) is 3. The molecule has 0 spiro atoms. The molecule has 2 aromatic heterocycles. The monoisotopic (exact) mass is 334 g/mol. The molecule has 24 heavy (non-hydrogen) atoms. The number of hydrogen-bond donors (Lipinski definition) is 1. The highest BCUT2D eigenvalue weighted by Crippen LogP contribution is 2.28. The number of fused-ring (bicyclic) bond motifs is 1. The lowest BCUT2D eigenvalue weighted by atomic mass is 10.0. The van der Waals surface area contributed by atoms with Crippen LogP contribution in [-0.4, -0.2) is 20.5 Å². The second kappa shape index (κ2) is 5.62. The predicted octanol–water partition coefficient (Wildman–Crippen LogP) is 4.74. The average Bonchev–Trinajstić information content (AvgIpc) is 3.16. The van der Waals surface area contributed by atoms with Crippen LogP contribution in [0.3, 0.4) is 0 Å². The Kier molecular flexibility index (Phi) is 3.43. The smallest absolute Gasteiger partial charge is 0.347 e. The maximum Gasteiger partial charge on any atom is 0.347 e. The molecule has 1 N–H and O–H groups in total. The van der Waals surface area contributed by atoms with E-state index in [2.05, 4.69) is 29.2 Å². The largest absolute Gasteiger partial charge is 0.477 e. The number of aromatic carboxylic acids is 1. The third-order valence-corrected chi connectivity index (χ3v) is 5.18. The van der Waals surface area contributed by atoms with E-state index in [1.807, 2.05) is 40.9 Å². The lowest BCUT2D eigenvalue weighted by molar-refractivity contribution is 0.0701. The Labute approximate surface area is 142 Å². The van der Waals surface area contributed by atoms with Crippen LogP contribution >= 0.6 is 11.3 Å². The van der Waals surface area contributed by atoms with E-state index in [1.165, 1.54) is 16.9 Å². The summed E-state index contributed by atoms with van der Waals surface area (Å²) in [5.74, 6) is -0.906. The molecule has 0 bridgehead atoms. The van der Waals surface area contributed by atoms with Gasteiger partial charge in [-0.1, -0.05) is 65.9 Å². The van der Waals surface area contributed by atoms with Gasteiger partial charge in [0.15, 0.2) is 4.96 Å². The lowest BCUT2D eigenvalue weighted by Crippen LogP contribution is -1.96. The molecule has 0 unspecified atom stereocenters. The summed E-state index contributed by atoms with van der Waals surface area (Å²) in [5.41, 5.74) is 4.91. The Hall–Kier alpha value is -2.92. The van der Waals surface area contributed by atoms with Crippen molar-refractivity contribution in [1.82, 2.24) is 9.38 Å². The Bertz CT molecular complexity index is 1030. The maximum absolute atomic E-state index is 11.2. The fourth-order valence-corrected chi connectivity index (χ4v) is 3.70. The fourth-order valence-electron chi connectivity index (χ4n) is 2.75. The van der Waals surface area contributed by atoms with Crippen molar-refractivity contribution in [3.63, 3.8) is 0 Å². The molecule has 2 aromatic carbocycles. The van der Waals surface area contributed by atoms with Crippen LogP contribution in [-0.2, 0) is 0 Å². The van der Waals surface area contributed by atoms with Crippen LogP contribution in [0.2, 0.25) is 0 Å². The number of nitrogens with zero attached hydrogens (tertiary/aromatic N) is 2. The van der Waals surface area contributed by atoms with E-state index in [-0.39, 0.29) is 0 Å². The maximum atomic E-state index is 11.2. The van der Waals surface area contributed by atoms with Gasteiger partial charge in [-0.25, -0.2) is 9.78 Å². The van der Waals surface area contributed by atoms with Crippen molar-refractivity contribution in [2.45, 2.75) is 6.92 Å². The molecule has 0 amide bonds. The van der Waals surface area contributed by atoms with E-state index >= 15 is 0 Å². The van der Waals surface area contributed by atoms with E-state index < -0.39 is 5.97 Å². The highest BCUT2D eigenvalue weighted by atomic mass is 32.1. The second-order valence-corrected chi connectivity index (χ2v) is 6.52.